The van der Waals surface area contributed by atoms with Gasteiger partial charge in [0.25, 0.3) is 0 Å². The highest BCUT2D eigenvalue weighted by atomic mass is 16.5. The van der Waals surface area contributed by atoms with Crippen LogP contribution in [0, 0.1) is 0 Å². The molecular formula is C21H23NO2. The molecule has 0 saturated carbocycles. The fourth-order valence-corrected chi connectivity index (χ4v) is 3.09. The first-order valence-electron chi connectivity index (χ1n) is 8.23. The molecule has 3 rings (SSSR count). The number of nitrogens with zero attached hydrogens (tertiary/aromatic N) is 1. The summed E-state index contributed by atoms with van der Waals surface area (Å²) in [4.78, 5) is 2.27. The molecule has 0 aliphatic rings. The SMILES string of the molecule is COc1ccc(CN(CCO)Cc2ccccc2)c2ccccc12. The van der Waals surface area contributed by atoms with Crippen molar-refractivity contribution < 1.29 is 9.84 Å². The third kappa shape index (κ3) is 3.75. The van der Waals surface area contributed by atoms with Crippen LogP contribution in [0.4, 0.5) is 0 Å². The molecule has 3 nitrogen and oxygen atoms in total. The normalized spacial score (nSPS) is 11.1. The Morgan fingerprint density at radius 1 is 0.833 bits per heavy atom. The van der Waals surface area contributed by atoms with E-state index in [-0.39, 0.29) is 6.61 Å². The van der Waals surface area contributed by atoms with E-state index in [0.717, 1.165) is 24.2 Å². The van der Waals surface area contributed by atoms with E-state index in [4.69, 9.17) is 4.74 Å². The van der Waals surface area contributed by atoms with Gasteiger partial charge in [-0.2, -0.15) is 0 Å². The van der Waals surface area contributed by atoms with Crippen molar-refractivity contribution in [3.05, 3.63) is 77.9 Å². The minimum Gasteiger partial charge on any atom is -0.496 e. The van der Waals surface area contributed by atoms with E-state index in [2.05, 4.69) is 53.4 Å². The van der Waals surface area contributed by atoms with Gasteiger partial charge in [-0.05, 0) is 22.6 Å². The highest BCUT2D eigenvalue weighted by molar-refractivity contribution is 5.91. The van der Waals surface area contributed by atoms with Crippen molar-refractivity contribution in [3.8, 4) is 5.75 Å². The zero-order chi connectivity index (χ0) is 16.8. The molecule has 24 heavy (non-hydrogen) atoms. The molecule has 0 aliphatic carbocycles. The first-order valence-corrected chi connectivity index (χ1v) is 8.23. The van der Waals surface area contributed by atoms with Crippen LogP contribution in [0.15, 0.2) is 66.7 Å². The molecule has 124 valence electrons. The molecule has 0 bridgehead atoms. The number of aliphatic hydroxyl groups is 1. The smallest absolute Gasteiger partial charge is 0.126 e. The molecular weight excluding hydrogens is 298 g/mol. The quantitative estimate of drug-likeness (QED) is 0.717. The van der Waals surface area contributed by atoms with Gasteiger partial charge in [0.2, 0.25) is 0 Å². The second-order valence-corrected chi connectivity index (χ2v) is 5.89. The number of rotatable bonds is 7. The Bertz CT molecular complexity index is 786. The summed E-state index contributed by atoms with van der Waals surface area (Å²) < 4.78 is 5.48. The average molecular weight is 321 g/mol. The number of hydrogen-bond donors (Lipinski definition) is 1. The molecule has 0 radical (unpaired) electrons. The van der Waals surface area contributed by atoms with Crippen LogP contribution in [0.3, 0.4) is 0 Å². The number of methoxy groups -OCH3 is 1. The second kappa shape index (κ2) is 7.95. The molecule has 3 aromatic rings. The van der Waals surface area contributed by atoms with E-state index < -0.39 is 0 Å². The van der Waals surface area contributed by atoms with Gasteiger partial charge >= 0.3 is 0 Å². The summed E-state index contributed by atoms with van der Waals surface area (Å²) in [6, 6.07) is 22.8. The Morgan fingerprint density at radius 2 is 1.54 bits per heavy atom. The fraction of sp³-hybridized carbons (Fsp3) is 0.238. The van der Waals surface area contributed by atoms with Gasteiger partial charge < -0.3 is 9.84 Å². The summed E-state index contributed by atoms with van der Waals surface area (Å²) in [6.45, 7) is 2.41. The summed E-state index contributed by atoms with van der Waals surface area (Å²) in [5.41, 5.74) is 2.50. The van der Waals surface area contributed by atoms with Crippen LogP contribution in [0.2, 0.25) is 0 Å². The summed E-state index contributed by atoms with van der Waals surface area (Å²) in [6.07, 6.45) is 0. The van der Waals surface area contributed by atoms with E-state index in [1.807, 2.05) is 18.2 Å². The topological polar surface area (TPSA) is 32.7 Å². The van der Waals surface area contributed by atoms with E-state index in [9.17, 15) is 5.11 Å². The van der Waals surface area contributed by atoms with Crippen LogP contribution in [-0.2, 0) is 13.1 Å². The lowest BCUT2D eigenvalue weighted by molar-refractivity contribution is 0.185. The molecule has 3 heteroatoms. The van der Waals surface area contributed by atoms with Crippen LogP contribution in [0.5, 0.6) is 5.75 Å². The van der Waals surface area contributed by atoms with Gasteiger partial charge in [-0.3, -0.25) is 4.90 Å². The molecule has 3 aromatic carbocycles. The maximum Gasteiger partial charge on any atom is 0.126 e. The van der Waals surface area contributed by atoms with E-state index in [1.165, 1.54) is 16.5 Å². The molecule has 0 spiro atoms. The summed E-state index contributed by atoms with van der Waals surface area (Å²) in [7, 11) is 1.70. The molecule has 1 N–H and O–H groups in total. The van der Waals surface area contributed by atoms with Crippen LogP contribution >= 0.6 is 0 Å². The zero-order valence-electron chi connectivity index (χ0n) is 14.0. The van der Waals surface area contributed by atoms with Crippen LogP contribution in [-0.4, -0.2) is 30.3 Å². The first-order chi connectivity index (χ1) is 11.8. The van der Waals surface area contributed by atoms with E-state index >= 15 is 0 Å². The minimum absolute atomic E-state index is 0.154. The van der Waals surface area contributed by atoms with Crippen molar-refractivity contribution in [2.45, 2.75) is 13.1 Å². The van der Waals surface area contributed by atoms with E-state index in [1.54, 1.807) is 7.11 Å². The second-order valence-electron chi connectivity index (χ2n) is 5.89. The van der Waals surface area contributed by atoms with Gasteiger partial charge in [0.05, 0.1) is 13.7 Å². The highest BCUT2D eigenvalue weighted by Gasteiger charge is 2.11. The molecule has 0 heterocycles. The first kappa shape index (κ1) is 16.5. The lowest BCUT2D eigenvalue weighted by Gasteiger charge is -2.23. The third-order valence-electron chi connectivity index (χ3n) is 4.25. The molecule has 0 amide bonds. The molecule has 0 atom stereocenters. The van der Waals surface area contributed by atoms with Gasteiger partial charge in [0, 0.05) is 25.0 Å². The van der Waals surface area contributed by atoms with E-state index in [0.29, 0.717) is 6.54 Å². The summed E-state index contributed by atoms with van der Waals surface area (Å²) in [5.74, 6) is 0.895. The lowest BCUT2D eigenvalue weighted by Crippen LogP contribution is -2.26. The predicted molar refractivity (Wildman–Crippen MR) is 98.1 cm³/mol. The van der Waals surface area contributed by atoms with Gasteiger partial charge in [-0.1, -0.05) is 60.7 Å². The minimum atomic E-state index is 0.154. The number of benzene rings is 3. The predicted octanol–water partition coefficient (Wildman–Crippen LogP) is 3.84. The lowest BCUT2D eigenvalue weighted by atomic mass is 10.0. The Balaban J connectivity index is 1.88. The monoisotopic (exact) mass is 321 g/mol. The van der Waals surface area contributed by atoms with Crippen LogP contribution in [0.25, 0.3) is 10.8 Å². The Labute approximate surface area is 143 Å². The number of aliphatic hydroxyl groups excluding tert-OH is 1. The molecule has 0 aliphatic heterocycles. The van der Waals surface area contributed by atoms with Crippen molar-refractivity contribution >= 4 is 10.8 Å². The highest BCUT2D eigenvalue weighted by Crippen LogP contribution is 2.29. The van der Waals surface area contributed by atoms with Crippen molar-refractivity contribution in [1.29, 1.82) is 0 Å². The number of hydrogen-bond acceptors (Lipinski definition) is 3. The summed E-state index contributed by atoms with van der Waals surface area (Å²) in [5, 5.41) is 11.8. The maximum absolute atomic E-state index is 9.43. The van der Waals surface area contributed by atoms with Crippen molar-refractivity contribution in [2.75, 3.05) is 20.3 Å². The van der Waals surface area contributed by atoms with Crippen molar-refractivity contribution in [2.24, 2.45) is 0 Å². The Kier molecular flexibility index (Phi) is 5.47. The molecule has 0 aromatic heterocycles. The van der Waals surface area contributed by atoms with Gasteiger partial charge in [-0.15, -0.1) is 0 Å². The van der Waals surface area contributed by atoms with Crippen molar-refractivity contribution in [3.63, 3.8) is 0 Å². The van der Waals surface area contributed by atoms with Gasteiger partial charge in [0.1, 0.15) is 5.75 Å². The molecule has 0 saturated heterocycles. The standard InChI is InChI=1S/C21H23NO2/c1-24-21-12-11-18(19-9-5-6-10-20(19)21)16-22(13-14-23)15-17-7-3-2-4-8-17/h2-12,23H,13-16H2,1H3. The largest absolute Gasteiger partial charge is 0.496 e. The fourth-order valence-electron chi connectivity index (χ4n) is 3.09. The van der Waals surface area contributed by atoms with Gasteiger partial charge in [-0.25, -0.2) is 0 Å². The molecule has 0 unspecified atom stereocenters. The van der Waals surface area contributed by atoms with Crippen LogP contribution in [0.1, 0.15) is 11.1 Å². The van der Waals surface area contributed by atoms with Gasteiger partial charge in [0.15, 0.2) is 0 Å². The maximum atomic E-state index is 9.43. The van der Waals surface area contributed by atoms with Crippen molar-refractivity contribution in [1.82, 2.24) is 4.90 Å². The molecule has 0 fully saturated rings. The third-order valence-corrected chi connectivity index (χ3v) is 4.25. The Morgan fingerprint density at radius 3 is 2.25 bits per heavy atom. The average Bonchev–Trinajstić information content (AvgIpc) is 2.63. The summed E-state index contributed by atoms with van der Waals surface area (Å²) >= 11 is 0. The zero-order valence-corrected chi connectivity index (χ0v) is 14.0. The number of ether oxygens (including phenoxy) is 1. The Hall–Kier alpha value is -2.36. The van der Waals surface area contributed by atoms with Crippen LogP contribution < -0.4 is 4.74 Å². The number of fused-ring (bicyclic) bond motifs is 1.